The minimum absolute atomic E-state index is 0.00818. The van der Waals surface area contributed by atoms with Gasteiger partial charge in [0, 0.05) is 19.1 Å². The lowest BCUT2D eigenvalue weighted by atomic mass is 9.79. The summed E-state index contributed by atoms with van der Waals surface area (Å²) >= 11 is 0. The fourth-order valence-corrected chi connectivity index (χ4v) is 3.83. The Morgan fingerprint density at radius 1 is 1.15 bits per heavy atom. The summed E-state index contributed by atoms with van der Waals surface area (Å²) < 4.78 is 23.3. The van der Waals surface area contributed by atoms with E-state index in [1.807, 2.05) is 18.2 Å². The maximum absolute atomic E-state index is 11.6. The van der Waals surface area contributed by atoms with Crippen LogP contribution in [0.2, 0.25) is 0 Å². The Kier molecular flexibility index (Phi) is 5.56. The quantitative estimate of drug-likeness (QED) is 0.458. The number of sulfone groups is 1. The molecule has 0 bridgehead atoms. The molecule has 2 aromatic rings. The monoisotopic (exact) mass is 383 g/mol. The van der Waals surface area contributed by atoms with Gasteiger partial charge < -0.3 is 4.84 Å². The minimum atomic E-state index is -3.22. The van der Waals surface area contributed by atoms with E-state index in [0.717, 1.165) is 29.5 Å². The number of carbonyl (C=O) groups excluding carboxylic acids is 1. The summed E-state index contributed by atoms with van der Waals surface area (Å²) in [5, 5.41) is 3.81. The van der Waals surface area contributed by atoms with E-state index in [2.05, 4.69) is 17.3 Å². The molecule has 1 aliphatic carbocycles. The molecule has 0 spiro atoms. The molecule has 1 unspecified atom stereocenters. The van der Waals surface area contributed by atoms with Crippen LogP contribution < -0.4 is 0 Å². The molecular weight excluding hydrogens is 362 g/mol. The number of nitrogens with zero attached hydrogens (tertiary/aromatic N) is 1. The zero-order valence-corrected chi connectivity index (χ0v) is 16.1. The third-order valence-corrected chi connectivity index (χ3v) is 5.63. The Balaban J connectivity index is 1.99. The minimum Gasteiger partial charge on any atom is -0.319 e. The third-order valence-electron chi connectivity index (χ3n) is 4.51. The number of hydrogen-bond acceptors (Lipinski definition) is 5. The number of rotatable bonds is 4. The van der Waals surface area contributed by atoms with Crippen molar-refractivity contribution in [2.75, 3.05) is 6.26 Å². The highest BCUT2D eigenvalue weighted by atomic mass is 32.2. The van der Waals surface area contributed by atoms with Crippen LogP contribution in [0, 0.1) is 5.92 Å². The van der Waals surface area contributed by atoms with E-state index in [9.17, 15) is 13.2 Å². The van der Waals surface area contributed by atoms with Crippen molar-refractivity contribution >= 4 is 33.7 Å². The molecule has 0 radical (unpaired) electrons. The highest BCUT2D eigenvalue weighted by Crippen LogP contribution is 2.36. The maximum atomic E-state index is 11.6. The van der Waals surface area contributed by atoms with E-state index in [-0.39, 0.29) is 5.92 Å². The van der Waals surface area contributed by atoms with Gasteiger partial charge in [0.05, 0.1) is 11.1 Å². The first-order valence-corrected chi connectivity index (χ1v) is 10.5. The number of hydrogen-bond donors (Lipinski definition) is 0. The Morgan fingerprint density at radius 3 is 2.52 bits per heavy atom. The van der Waals surface area contributed by atoms with Gasteiger partial charge in [0.2, 0.25) is 0 Å². The lowest BCUT2D eigenvalue weighted by Gasteiger charge is -2.25. The van der Waals surface area contributed by atoms with Crippen molar-refractivity contribution in [3.05, 3.63) is 65.2 Å². The summed E-state index contributed by atoms with van der Waals surface area (Å²) in [5.41, 5.74) is 4.36. The summed E-state index contributed by atoms with van der Waals surface area (Å²) in [6.07, 6.45) is 6.66. The van der Waals surface area contributed by atoms with Crippen molar-refractivity contribution in [1.29, 1.82) is 0 Å². The van der Waals surface area contributed by atoms with E-state index in [4.69, 9.17) is 4.84 Å². The molecule has 3 rings (SSSR count). The number of allylic oxidation sites excluding steroid dienone is 1. The normalized spacial score (nSPS) is 18.4. The van der Waals surface area contributed by atoms with E-state index in [1.165, 1.54) is 18.7 Å². The molecule has 0 fully saturated rings. The zero-order valence-electron chi connectivity index (χ0n) is 15.3. The van der Waals surface area contributed by atoms with Crippen LogP contribution in [-0.2, 0) is 25.9 Å². The predicted octanol–water partition coefficient (Wildman–Crippen LogP) is 3.74. The number of aryl methyl sites for hydroxylation is 1. The molecule has 140 valence electrons. The van der Waals surface area contributed by atoms with Gasteiger partial charge in [-0.1, -0.05) is 47.6 Å². The molecule has 0 N–H and O–H groups in total. The second-order valence-corrected chi connectivity index (χ2v) is 8.60. The number of carbonyl (C=O) groups is 1. The fourth-order valence-electron chi connectivity index (χ4n) is 3.19. The van der Waals surface area contributed by atoms with Crippen LogP contribution >= 0.6 is 0 Å². The van der Waals surface area contributed by atoms with E-state index in [1.54, 1.807) is 30.5 Å². The van der Waals surface area contributed by atoms with Crippen molar-refractivity contribution in [1.82, 2.24) is 0 Å². The van der Waals surface area contributed by atoms with Crippen LogP contribution in [-0.4, -0.2) is 26.9 Å². The van der Waals surface area contributed by atoms with Gasteiger partial charge in [0.25, 0.3) is 0 Å². The first-order valence-electron chi connectivity index (χ1n) is 8.65. The van der Waals surface area contributed by atoms with E-state index >= 15 is 0 Å². The van der Waals surface area contributed by atoms with Crippen molar-refractivity contribution in [2.45, 2.75) is 24.7 Å². The number of fused-ring (bicyclic) bond motifs is 1. The molecule has 0 aromatic heterocycles. The first kappa shape index (κ1) is 19.0. The van der Waals surface area contributed by atoms with Crippen LogP contribution in [0.1, 0.15) is 30.0 Å². The molecule has 1 aliphatic rings. The molecule has 1 atom stereocenters. The van der Waals surface area contributed by atoms with Gasteiger partial charge in [-0.05, 0) is 47.2 Å². The third kappa shape index (κ3) is 4.71. The van der Waals surface area contributed by atoms with Crippen LogP contribution in [0.15, 0.2) is 58.6 Å². The molecule has 2 aromatic carbocycles. The average molecular weight is 383 g/mol. The van der Waals surface area contributed by atoms with Gasteiger partial charge in [-0.25, -0.2) is 13.2 Å². The Bertz CT molecular complexity index is 1000. The second kappa shape index (κ2) is 7.88. The van der Waals surface area contributed by atoms with Crippen molar-refractivity contribution in [3.63, 3.8) is 0 Å². The second-order valence-electron chi connectivity index (χ2n) is 6.58. The zero-order chi connectivity index (χ0) is 19.4. The van der Waals surface area contributed by atoms with Crippen LogP contribution in [0.4, 0.5) is 0 Å². The van der Waals surface area contributed by atoms with E-state index in [0.29, 0.717) is 4.90 Å². The Hall–Kier alpha value is -2.73. The molecule has 27 heavy (non-hydrogen) atoms. The molecule has 0 aliphatic heterocycles. The molecule has 0 amide bonds. The lowest BCUT2D eigenvalue weighted by Crippen LogP contribution is -2.15. The summed E-state index contributed by atoms with van der Waals surface area (Å²) in [6, 6.07) is 15.0. The first-order chi connectivity index (χ1) is 12.8. The van der Waals surface area contributed by atoms with Gasteiger partial charge in [-0.15, -0.1) is 0 Å². The smallest absolute Gasteiger partial charge is 0.319 e. The molecule has 0 heterocycles. The predicted molar refractivity (Wildman–Crippen MR) is 106 cm³/mol. The standard InChI is InChI=1S/C21H21NO4S/c1-15(23)26-22-14-18-10-9-17-5-3-4-6-20(17)21(18)13-16-7-11-19(12-8-16)27(2,24)25/h3-8,11-14,18H,9-10H2,1-2H3. The summed E-state index contributed by atoms with van der Waals surface area (Å²) in [7, 11) is -3.22. The van der Waals surface area contributed by atoms with Gasteiger partial charge >= 0.3 is 5.97 Å². The maximum Gasteiger partial charge on any atom is 0.331 e. The van der Waals surface area contributed by atoms with Gasteiger partial charge in [0.1, 0.15) is 0 Å². The Labute approximate surface area is 159 Å². The summed E-state index contributed by atoms with van der Waals surface area (Å²) in [4.78, 5) is 16.0. The highest BCUT2D eigenvalue weighted by molar-refractivity contribution is 7.90. The molecular formula is C21H21NO4S. The van der Waals surface area contributed by atoms with Crippen molar-refractivity contribution < 1.29 is 18.0 Å². The van der Waals surface area contributed by atoms with Crippen LogP contribution in [0.3, 0.4) is 0 Å². The Morgan fingerprint density at radius 2 is 1.85 bits per heavy atom. The summed E-state index contributed by atoms with van der Waals surface area (Å²) in [5.74, 6) is -0.446. The molecule has 6 heteroatoms. The molecule has 0 saturated heterocycles. The molecule has 0 saturated carbocycles. The van der Waals surface area contributed by atoms with Gasteiger partial charge in [-0.2, -0.15) is 0 Å². The summed E-state index contributed by atoms with van der Waals surface area (Å²) in [6.45, 7) is 1.31. The SMILES string of the molecule is CC(=O)ON=CC1CCc2ccccc2C1=Cc1ccc(S(C)(=O)=O)cc1. The number of oxime groups is 1. The largest absolute Gasteiger partial charge is 0.331 e. The fraction of sp³-hybridized carbons (Fsp3) is 0.238. The van der Waals surface area contributed by atoms with Crippen LogP contribution in [0.25, 0.3) is 11.6 Å². The van der Waals surface area contributed by atoms with Gasteiger partial charge in [-0.3, -0.25) is 0 Å². The lowest BCUT2D eigenvalue weighted by molar-refractivity contribution is -0.140. The average Bonchev–Trinajstić information content (AvgIpc) is 2.63. The van der Waals surface area contributed by atoms with Gasteiger partial charge in [0.15, 0.2) is 9.84 Å². The van der Waals surface area contributed by atoms with Crippen molar-refractivity contribution in [3.8, 4) is 0 Å². The van der Waals surface area contributed by atoms with Crippen molar-refractivity contribution in [2.24, 2.45) is 11.1 Å². The number of benzene rings is 2. The van der Waals surface area contributed by atoms with E-state index < -0.39 is 15.8 Å². The highest BCUT2D eigenvalue weighted by Gasteiger charge is 2.22. The topological polar surface area (TPSA) is 72.8 Å². The van der Waals surface area contributed by atoms with Crippen LogP contribution in [0.5, 0.6) is 0 Å². The molecule has 5 nitrogen and oxygen atoms in total.